The maximum absolute atomic E-state index is 11.9. The van der Waals surface area contributed by atoms with Crippen LogP contribution in [0.2, 0.25) is 20.1 Å². The number of ether oxygens (including phenoxy) is 2. The molecule has 1 aliphatic carbocycles. The van der Waals surface area contributed by atoms with E-state index in [1.165, 1.54) is 7.11 Å². The van der Waals surface area contributed by atoms with Gasteiger partial charge in [-0.2, -0.15) is 0 Å². The lowest BCUT2D eigenvalue weighted by Gasteiger charge is -2.10. The molecule has 0 bridgehead atoms. The molecular formula is C29H19Cl4NO4. The van der Waals surface area contributed by atoms with Gasteiger partial charge in [0.25, 0.3) is 0 Å². The van der Waals surface area contributed by atoms with Crippen molar-refractivity contribution in [3.8, 4) is 28.8 Å². The van der Waals surface area contributed by atoms with Crippen LogP contribution in [-0.4, -0.2) is 18.2 Å². The Kier molecular flexibility index (Phi) is 7.88. The fraction of sp³-hybridized carbons (Fsp3) is 0.172. The first kappa shape index (κ1) is 26.5. The molecule has 3 aromatic carbocycles. The minimum atomic E-state index is -0.532. The van der Waals surface area contributed by atoms with Gasteiger partial charge in [-0.15, -0.1) is 0 Å². The third-order valence-electron chi connectivity index (χ3n) is 6.00. The topological polar surface area (TPSA) is 61.6 Å². The lowest BCUT2D eigenvalue weighted by molar-refractivity contribution is 0.0601. The summed E-state index contributed by atoms with van der Waals surface area (Å²) in [6, 6.07) is 15.4. The summed E-state index contributed by atoms with van der Waals surface area (Å²) in [6.45, 7) is 0.203. The zero-order valence-electron chi connectivity index (χ0n) is 20.0. The largest absolute Gasteiger partial charge is 0.489 e. The first-order valence-electron chi connectivity index (χ1n) is 11.6. The van der Waals surface area contributed by atoms with Gasteiger partial charge in [0.15, 0.2) is 0 Å². The molecule has 1 saturated carbocycles. The Morgan fingerprint density at radius 3 is 2.42 bits per heavy atom. The Balaban J connectivity index is 1.37. The van der Waals surface area contributed by atoms with Crippen LogP contribution in [0.4, 0.5) is 0 Å². The molecule has 1 fully saturated rings. The van der Waals surface area contributed by atoms with Crippen molar-refractivity contribution < 1.29 is 18.8 Å². The first-order chi connectivity index (χ1) is 18.4. The number of carbonyl (C=O) groups excluding carboxylic acids is 1. The SMILES string of the molecule is COC(=O)c1cc(C#Cc2ccc(OCc3c(-c4c(Cl)cccc4Cl)noc3C3CC3)cc2Cl)ccc1Cl. The van der Waals surface area contributed by atoms with Gasteiger partial charge in [-0.25, -0.2) is 4.79 Å². The molecular weight excluding hydrogens is 568 g/mol. The van der Waals surface area contributed by atoms with Gasteiger partial charge < -0.3 is 14.0 Å². The first-order valence-corrected chi connectivity index (χ1v) is 13.1. The van der Waals surface area contributed by atoms with Crippen LogP contribution in [0.25, 0.3) is 11.3 Å². The number of hydrogen-bond donors (Lipinski definition) is 0. The van der Waals surface area contributed by atoms with E-state index >= 15 is 0 Å². The average molecular weight is 587 g/mol. The van der Waals surface area contributed by atoms with Gasteiger partial charge in [0.2, 0.25) is 0 Å². The van der Waals surface area contributed by atoms with Crippen LogP contribution >= 0.6 is 46.4 Å². The predicted molar refractivity (Wildman–Crippen MR) is 148 cm³/mol. The molecule has 38 heavy (non-hydrogen) atoms. The standard InChI is InChI=1S/C29H19Cl4NO4/c1-36-29(35)20-13-16(6-12-22(20)30)5-7-17-10-11-19(14-25(17)33)37-15-21-27(34-38-28(21)18-8-9-18)26-23(31)3-2-4-24(26)32/h2-4,6,10-14,18H,8-9,15H2,1H3. The normalized spacial score (nSPS) is 12.6. The van der Waals surface area contributed by atoms with Crippen LogP contribution in [0.3, 0.4) is 0 Å². The zero-order chi connectivity index (χ0) is 26.8. The van der Waals surface area contributed by atoms with Crippen LogP contribution in [0, 0.1) is 11.8 Å². The van der Waals surface area contributed by atoms with E-state index in [2.05, 4.69) is 17.0 Å². The molecule has 0 amide bonds. The fourth-order valence-corrected chi connectivity index (χ4v) is 4.89. The van der Waals surface area contributed by atoms with Gasteiger partial charge in [-0.1, -0.05) is 69.5 Å². The third-order valence-corrected chi connectivity index (χ3v) is 7.28. The summed E-state index contributed by atoms with van der Waals surface area (Å²) in [4.78, 5) is 11.9. The van der Waals surface area contributed by atoms with E-state index in [0.29, 0.717) is 54.1 Å². The van der Waals surface area contributed by atoms with Crippen molar-refractivity contribution in [2.24, 2.45) is 0 Å². The summed E-state index contributed by atoms with van der Waals surface area (Å²) in [5.41, 5.74) is 3.44. The Hall–Kier alpha value is -3.14. The van der Waals surface area contributed by atoms with Crippen LogP contribution in [-0.2, 0) is 11.3 Å². The molecule has 5 nitrogen and oxygen atoms in total. The minimum absolute atomic E-state index is 0.203. The van der Waals surface area contributed by atoms with E-state index in [1.54, 1.807) is 54.6 Å². The molecule has 0 spiro atoms. The number of nitrogens with zero attached hydrogens (tertiary/aromatic N) is 1. The zero-order valence-corrected chi connectivity index (χ0v) is 23.0. The number of halogens is 4. The molecule has 0 saturated heterocycles. The van der Waals surface area contributed by atoms with E-state index in [0.717, 1.165) is 24.2 Å². The van der Waals surface area contributed by atoms with Gasteiger partial charge in [0.1, 0.15) is 23.8 Å². The second kappa shape index (κ2) is 11.3. The molecule has 192 valence electrons. The van der Waals surface area contributed by atoms with Gasteiger partial charge >= 0.3 is 5.97 Å². The van der Waals surface area contributed by atoms with Crippen molar-refractivity contribution >= 4 is 52.4 Å². The predicted octanol–water partition coefficient (Wildman–Crippen LogP) is 8.60. The highest BCUT2D eigenvalue weighted by atomic mass is 35.5. The highest BCUT2D eigenvalue weighted by Crippen LogP contribution is 2.46. The number of aromatic nitrogens is 1. The number of esters is 1. The number of benzene rings is 3. The molecule has 9 heteroatoms. The fourth-order valence-electron chi connectivity index (χ4n) is 3.90. The van der Waals surface area contributed by atoms with Crippen molar-refractivity contribution in [1.29, 1.82) is 0 Å². The van der Waals surface area contributed by atoms with Crippen molar-refractivity contribution in [3.05, 3.63) is 103 Å². The second-order valence-electron chi connectivity index (χ2n) is 8.61. The van der Waals surface area contributed by atoms with Gasteiger partial charge in [-0.05, 0) is 55.3 Å². The summed E-state index contributed by atoms with van der Waals surface area (Å²) in [6.07, 6.45) is 2.07. The molecule has 0 atom stereocenters. The van der Waals surface area contributed by atoms with E-state index in [-0.39, 0.29) is 12.2 Å². The summed E-state index contributed by atoms with van der Waals surface area (Å²) >= 11 is 25.5. The summed E-state index contributed by atoms with van der Waals surface area (Å²) < 4.78 is 16.5. The molecule has 0 unspecified atom stereocenters. The Morgan fingerprint density at radius 2 is 1.74 bits per heavy atom. The van der Waals surface area contributed by atoms with Gasteiger partial charge in [0, 0.05) is 28.7 Å². The highest BCUT2D eigenvalue weighted by molar-refractivity contribution is 6.39. The summed E-state index contributed by atoms with van der Waals surface area (Å²) in [7, 11) is 1.29. The number of methoxy groups -OCH3 is 1. The monoisotopic (exact) mass is 585 g/mol. The highest BCUT2D eigenvalue weighted by Gasteiger charge is 2.33. The number of hydrogen-bond acceptors (Lipinski definition) is 5. The van der Waals surface area contributed by atoms with Crippen molar-refractivity contribution in [3.63, 3.8) is 0 Å². The molecule has 1 heterocycles. The third kappa shape index (κ3) is 5.65. The molecule has 1 aliphatic rings. The molecule has 1 aromatic heterocycles. The lowest BCUT2D eigenvalue weighted by Crippen LogP contribution is -2.02. The smallest absolute Gasteiger partial charge is 0.339 e. The number of carbonyl (C=O) groups is 1. The molecule has 0 radical (unpaired) electrons. The number of rotatable bonds is 6. The van der Waals surface area contributed by atoms with E-state index in [4.69, 9.17) is 60.4 Å². The molecule has 4 aromatic rings. The Bertz CT molecular complexity index is 1580. The maximum Gasteiger partial charge on any atom is 0.339 e. The molecule has 0 aliphatic heterocycles. The Labute approximate surface area is 239 Å². The summed E-state index contributed by atoms with van der Waals surface area (Å²) in [5, 5.41) is 5.97. The van der Waals surface area contributed by atoms with Crippen molar-refractivity contribution in [2.45, 2.75) is 25.4 Å². The van der Waals surface area contributed by atoms with Crippen LogP contribution in [0.5, 0.6) is 5.75 Å². The van der Waals surface area contributed by atoms with Crippen LogP contribution in [0.1, 0.15) is 51.6 Å². The lowest BCUT2D eigenvalue weighted by atomic mass is 10.0. The van der Waals surface area contributed by atoms with Crippen molar-refractivity contribution in [1.82, 2.24) is 5.16 Å². The summed E-state index contributed by atoms with van der Waals surface area (Å²) in [5.74, 6) is 7.14. The van der Waals surface area contributed by atoms with Gasteiger partial charge in [0.05, 0.1) is 38.3 Å². The second-order valence-corrected chi connectivity index (χ2v) is 10.2. The Morgan fingerprint density at radius 1 is 0.974 bits per heavy atom. The quantitative estimate of drug-likeness (QED) is 0.167. The maximum atomic E-state index is 11.9. The average Bonchev–Trinajstić information content (AvgIpc) is 3.67. The molecule has 0 N–H and O–H groups in total. The van der Waals surface area contributed by atoms with E-state index in [1.807, 2.05) is 0 Å². The van der Waals surface area contributed by atoms with Gasteiger partial charge in [-0.3, -0.25) is 0 Å². The van der Waals surface area contributed by atoms with E-state index in [9.17, 15) is 4.79 Å². The van der Waals surface area contributed by atoms with Crippen LogP contribution in [0.15, 0.2) is 59.1 Å². The van der Waals surface area contributed by atoms with Crippen LogP contribution < -0.4 is 4.74 Å². The van der Waals surface area contributed by atoms with E-state index < -0.39 is 5.97 Å². The molecule has 5 rings (SSSR count). The van der Waals surface area contributed by atoms with Crippen molar-refractivity contribution in [2.75, 3.05) is 7.11 Å². The minimum Gasteiger partial charge on any atom is -0.489 e.